The van der Waals surface area contributed by atoms with Crippen LogP contribution in [-0.4, -0.2) is 31.9 Å². The highest BCUT2D eigenvalue weighted by Gasteiger charge is 2.04. The standard InChI is InChI=1S/C19H22N2O3/c1-14(22)16-6-8-17(9-7-16)21-19(23)13-20-11-10-15-4-3-5-18(12-15)24-2/h3-9,12,20H,10-11,13H2,1-2H3,(H,21,23). The minimum Gasteiger partial charge on any atom is -0.497 e. The van der Waals surface area contributed by atoms with Crippen molar-refractivity contribution in [3.63, 3.8) is 0 Å². The average molecular weight is 326 g/mol. The van der Waals surface area contributed by atoms with Crippen LogP contribution in [0.4, 0.5) is 5.69 Å². The van der Waals surface area contributed by atoms with Crippen LogP contribution in [0.1, 0.15) is 22.8 Å². The summed E-state index contributed by atoms with van der Waals surface area (Å²) >= 11 is 0. The lowest BCUT2D eigenvalue weighted by molar-refractivity contribution is -0.115. The summed E-state index contributed by atoms with van der Waals surface area (Å²) in [6.07, 6.45) is 0.817. The van der Waals surface area contributed by atoms with E-state index in [-0.39, 0.29) is 18.2 Å². The molecule has 2 N–H and O–H groups in total. The Morgan fingerprint density at radius 1 is 1.08 bits per heavy atom. The number of amides is 1. The summed E-state index contributed by atoms with van der Waals surface area (Å²) in [4.78, 5) is 23.1. The Morgan fingerprint density at radius 2 is 1.83 bits per heavy atom. The van der Waals surface area contributed by atoms with Crippen molar-refractivity contribution in [1.29, 1.82) is 0 Å². The molecule has 0 aromatic heterocycles. The van der Waals surface area contributed by atoms with Gasteiger partial charge >= 0.3 is 0 Å². The zero-order chi connectivity index (χ0) is 17.4. The lowest BCUT2D eigenvalue weighted by atomic mass is 10.1. The molecule has 0 aliphatic heterocycles. The Labute approximate surface area is 142 Å². The van der Waals surface area contributed by atoms with E-state index in [9.17, 15) is 9.59 Å². The maximum absolute atomic E-state index is 11.9. The van der Waals surface area contributed by atoms with E-state index in [1.54, 1.807) is 31.4 Å². The summed E-state index contributed by atoms with van der Waals surface area (Å²) in [5, 5.41) is 5.91. The molecule has 0 spiro atoms. The van der Waals surface area contributed by atoms with Crippen molar-refractivity contribution in [2.24, 2.45) is 0 Å². The molecule has 24 heavy (non-hydrogen) atoms. The molecule has 0 unspecified atom stereocenters. The first kappa shape index (κ1) is 17.7. The van der Waals surface area contributed by atoms with Crippen LogP contribution in [0.3, 0.4) is 0 Å². The number of carbonyl (C=O) groups excluding carboxylic acids is 2. The Morgan fingerprint density at radius 3 is 2.50 bits per heavy atom. The largest absolute Gasteiger partial charge is 0.497 e. The van der Waals surface area contributed by atoms with E-state index in [2.05, 4.69) is 10.6 Å². The molecule has 5 heteroatoms. The minimum atomic E-state index is -0.115. The molecule has 0 aliphatic carbocycles. The number of hydrogen-bond donors (Lipinski definition) is 2. The van der Waals surface area contributed by atoms with Gasteiger partial charge < -0.3 is 15.4 Å². The quantitative estimate of drug-likeness (QED) is 0.578. The third-order valence-electron chi connectivity index (χ3n) is 3.59. The van der Waals surface area contributed by atoms with Gasteiger partial charge in [0.1, 0.15) is 5.75 Å². The predicted octanol–water partition coefficient (Wildman–Crippen LogP) is 2.67. The van der Waals surface area contributed by atoms with Crippen LogP contribution >= 0.6 is 0 Å². The molecule has 0 fully saturated rings. The van der Waals surface area contributed by atoms with Crippen molar-refractivity contribution in [3.05, 3.63) is 59.7 Å². The Hall–Kier alpha value is -2.66. The van der Waals surface area contributed by atoms with E-state index in [1.165, 1.54) is 6.92 Å². The number of benzene rings is 2. The smallest absolute Gasteiger partial charge is 0.238 e. The molecule has 0 bridgehead atoms. The molecule has 0 heterocycles. The van der Waals surface area contributed by atoms with Gasteiger partial charge in [-0.2, -0.15) is 0 Å². The fraction of sp³-hybridized carbons (Fsp3) is 0.263. The lowest BCUT2D eigenvalue weighted by Gasteiger charge is -2.08. The van der Waals surface area contributed by atoms with Crippen molar-refractivity contribution in [1.82, 2.24) is 5.32 Å². The van der Waals surface area contributed by atoms with E-state index in [4.69, 9.17) is 4.74 Å². The summed E-state index contributed by atoms with van der Waals surface area (Å²) in [6, 6.07) is 14.7. The first-order valence-electron chi connectivity index (χ1n) is 7.83. The first-order valence-corrected chi connectivity index (χ1v) is 7.83. The highest BCUT2D eigenvalue weighted by molar-refractivity contribution is 5.96. The molecule has 0 atom stereocenters. The third kappa shape index (κ3) is 5.52. The Bertz CT molecular complexity index is 696. The summed E-state index contributed by atoms with van der Waals surface area (Å²) in [7, 11) is 1.64. The number of Topliss-reactive ketones (excluding diaryl/α,β-unsaturated/α-hetero) is 1. The number of anilines is 1. The molecule has 2 aromatic rings. The molecule has 0 radical (unpaired) electrons. The summed E-state index contributed by atoms with van der Waals surface area (Å²) < 4.78 is 5.18. The normalized spacial score (nSPS) is 10.2. The van der Waals surface area contributed by atoms with Crippen LogP contribution in [0.25, 0.3) is 0 Å². The molecular formula is C19H22N2O3. The fourth-order valence-electron chi connectivity index (χ4n) is 2.26. The van der Waals surface area contributed by atoms with Crippen LogP contribution in [0.15, 0.2) is 48.5 Å². The van der Waals surface area contributed by atoms with Crippen molar-refractivity contribution in [2.45, 2.75) is 13.3 Å². The zero-order valence-corrected chi connectivity index (χ0v) is 14.0. The van der Waals surface area contributed by atoms with E-state index >= 15 is 0 Å². The van der Waals surface area contributed by atoms with Gasteiger partial charge in [-0.05, 0) is 61.9 Å². The molecule has 0 aliphatic rings. The Balaban J connectivity index is 1.72. The van der Waals surface area contributed by atoms with Gasteiger partial charge in [0.2, 0.25) is 5.91 Å². The summed E-state index contributed by atoms with van der Waals surface area (Å²) in [6.45, 7) is 2.45. The SMILES string of the molecule is COc1cccc(CCNCC(=O)Nc2ccc(C(C)=O)cc2)c1. The van der Waals surface area contributed by atoms with Gasteiger partial charge in [-0.15, -0.1) is 0 Å². The highest BCUT2D eigenvalue weighted by Crippen LogP contribution is 2.12. The van der Waals surface area contributed by atoms with Gasteiger partial charge in [-0.1, -0.05) is 12.1 Å². The number of rotatable bonds is 8. The van der Waals surface area contributed by atoms with Crippen LogP contribution in [0.2, 0.25) is 0 Å². The number of methoxy groups -OCH3 is 1. The number of nitrogens with one attached hydrogen (secondary N) is 2. The lowest BCUT2D eigenvalue weighted by Crippen LogP contribution is -2.29. The van der Waals surface area contributed by atoms with Gasteiger partial charge in [0.05, 0.1) is 13.7 Å². The molecule has 0 saturated carbocycles. The molecule has 0 saturated heterocycles. The zero-order valence-electron chi connectivity index (χ0n) is 14.0. The van der Waals surface area contributed by atoms with Crippen LogP contribution < -0.4 is 15.4 Å². The van der Waals surface area contributed by atoms with Crippen molar-refractivity contribution < 1.29 is 14.3 Å². The second-order valence-electron chi connectivity index (χ2n) is 5.46. The summed E-state index contributed by atoms with van der Waals surface area (Å²) in [5.74, 6) is 0.725. The minimum absolute atomic E-state index is 0.00656. The van der Waals surface area contributed by atoms with Crippen LogP contribution in [-0.2, 0) is 11.2 Å². The van der Waals surface area contributed by atoms with Crippen molar-refractivity contribution >= 4 is 17.4 Å². The fourth-order valence-corrected chi connectivity index (χ4v) is 2.26. The molecule has 126 valence electrons. The van der Waals surface area contributed by atoms with E-state index in [0.29, 0.717) is 17.8 Å². The molecule has 2 aromatic carbocycles. The van der Waals surface area contributed by atoms with Crippen LogP contribution in [0, 0.1) is 0 Å². The first-order chi connectivity index (χ1) is 11.6. The number of hydrogen-bond acceptors (Lipinski definition) is 4. The topological polar surface area (TPSA) is 67.4 Å². The van der Waals surface area contributed by atoms with E-state index in [1.807, 2.05) is 24.3 Å². The van der Waals surface area contributed by atoms with E-state index < -0.39 is 0 Å². The van der Waals surface area contributed by atoms with Crippen molar-refractivity contribution in [3.8, 4) is 5.75 Å². The number of ketones is 1. The second kappa shape index (κ2) is 8.84. The molecule has 2 rings (SSSR count). The predicted molar refractivity (Wildman–Crippen MR) is 94.6 cm³/mol. The monoisotopic (exact) mass is 326 g/mol. The van der Waals surface area contributed by atoms with Gasteiger partial charge in [-0.25, -0.2) is 0 Å². The molecule has 5 nitrogen and oxygen atoms in total. The average Bonchev–Trinajstić information content (AvgIpc) is 2.59. The maximum atomic E-state index is 11.9. The molecular weight excluding hydrogens is 304 g/mol. The molecule has 1 amide bonds. The number of ether oxygens (including phenoxy) is 1. The van der Waals surface area contributed by atoms with Gasteiger partial charge in [0, 0.05) is 11.3 Å². The van der Waals surface area contributed by atoms with E-state index in [0.717, 1.165) is 17.7 Å². The maximum Gasteiger partial charge on any atom is 0.238 e. The summed E-state index contributed by atoms with van der Waals surface area (Å²) in [5.41, 5.74) is 2.46. The Kier molecular flexibility index (Phi) is 6.51. The van der Waals surface area contributed by atoms with Gasteiger partial charge in [-0.3, -0.25) is 9.59 Å². The van der Waals surface area contributed by atoms with Gasteiger partial charge in [0.25, 0.3) is 0 Å². The third-order valence-corrected chi connectivity index (χ3v) is 3.59. The second-order valence-corrected chi connectivity index (χ2v) is 5.46. The van der Waals surface area contributed by atoms with Crippen molar-refractivity contribution in [2.75, 3.05) is 25.5 Å². The highest BCUT2D eigenvalue weighted by atomic mass is 16.5. The van der Waals surface area contributed by atoms with Gasteiger partial charge in [0.15, 0.2) is 5.78 Å². The number of carbonyl (C=O) groups is 2. The van der Waals surface area contributed by atoms with Crippen LogP contribution in [0.5, 0.6) is 5.75 Å².